The van der Waals surface area contributed by atoms with Crippen LogP contribution in [-0.2, 0) is 6.42 Å². The molecular weight excluding hydrogens is 262 g/mol. The Kier molecular flexibility index (Phi) is 4.09. The number of benzene rings is 2. The molecule has 21 heavy (non-hydrogen) atoms. The highest BCUT2D eigenvalue weighted by Gasteiger charge is 2.21. The minimum absolute atomic E-state index is 0.652. The van der Waals surface area contributed by atoms with Crippen LogP contribution in [0, 0.1) is 5.92 Å². The van der Waals surface area contributed by atoms with Crippen molar-refractivity contribution in [3.05, 3.63) is 48.0 Å². The van der Waals surface area contributed by atoms with Crippen LogP contribution in [0.1, 0.15) is 24.8 Å². The van der Waals surface area contributed by atoms with Crippen LogP contribution in [0.5, 0.6) is 0 Å². The molecule has 1 amide bonds. The SMILES string of the molecule is O=C(O)N1CCC(CCc2cccc3ccccc23)CC1. The topological polar surface area (TPSA) is 40.5 Å². The maximum atomic E-state index is 10.9. The number of piperidine rings is 1. The molecule has 1 saturated heterocycles. The van der Waals surface area contributed by atoms with Crippen LogP contribution in [0.15, 0.2) is 42.5 Å². The summed E-state index contributed by atoms with van der Waals surface area (Å²) >= 11 is 0. The molecule has 1 fully saturated rings. The standard InChI is InChI=1S/C18H21NO2/c20-18(21)19-12-10-14(11-13-19)8-9-16-6-3-5-15-4-1-2-7-17(15)16/h1-7,14H,8-13H2,(H,20,21). The molecule has 0 aromatic heterocycles. The van der Waals surface area contributed by atoms with Gasteiger partial charge in [-0.2, -0.15) is 0 Å². The van der Waals surface area contributed by atoms with Crippen molar-refractivity contribution in [2.75, 3.05) is 13.1 Å². The van der Waals surface area contributed by atoms with Crippen molar-refractivity contribution in [3.8, 4) is 0 Å². The second-order valence-electron chi connectivity index (χ2n) is 5.89. The molecule has 1 aliphatic rings. The molecule has 0 bridgehead atoms. The lowest BCUT2D eigenvalue weighted by Gasteiger charge is -2.30. The maximum absolute atomic E-state index is 10.9. The molecular formula is C18H21NO2. The Hall–Kier alpha value is -2.03. The monoisotopic (exact) mass is 283 g/mol. The van der Waals surface area contributed by atoms with E-state index in [0.717, 1.165) is 25.7 Å². The number of likely N-dealkylation sites (tertiary alicyclic amines) is 1. The zero-order valence-electron chi connectivity index (χ0n) is 12.2. The van der Waals surface area contributed by atoms with Crippen LogP contribution >= 0.6 is 0 Å². The number of fused-ring (bicyclic) bond motifs is 1. The first-order valence-corrected chi connectivity index (χ1v) is 7.68. The van der Waals surface area contributed by atoms with Gasteiger partial charge in [-0.3, -0.25) is 0 Å². The Balaban J connectivity index is 1.61. The molecule has 0 atom stereocenters. The van der Waals surface area contributed by atoms with Gasteiger partial charge in [0.2, 0.25) is 0 Å². The Bertz CT molecular complexity index is 625. The Morgan fingerprint density at radius 2 is 1.81 bits per heavy atom. The third kappa shape index (κ3) is 3.18. The number of hydrogen-bond acceptors (Lipinski definition) is 1. The number of carboxylic acid groups (broad SMARTS) is 1. The summed E-state index contributed by atoms with van der Waals surface area (Å²) in [7, 11) is 0. The van der Waals surface area contributed by atoms with Crippen molar-refractivity contribution in [3.63, 3.8) is 0 Å². The van der Waals surface area contributed by atoms with E-state index >= 15 is 0 Å². The average Bonchev–Trinajstić information content (AvgIpc) is 2.53. The van der Waals surface area contributed by atoms with Crippen LogP contribution in [0.4, 0.5) is 4.79 Å². The van der Waals surface area contributed by atoms with E-state index in [-0.39, 0.29) is 0 Å². The fourth-order valence-electron chi connectivity index (χ4n) is 3.28. The molecule has 1 heterocycles. The van der Waals surface area contributed by atoms with Crippen molar-refractivity contribution >= 4 is 16.9 Å². The summed E-state index contributed by atoms with van der Waals surface area (Å²) in [4.78, 5) is 12.4. The quantitative estimate of drug-likeness (QED) is 0.918. The molecule has 3 rings (SSSR count). The van der Waals surface area contributed by atoms with E-state index in [1.165, 1.54) is 21.2 Å². The van der Waals surface area contributed by atoms with Crippen LogP contribution in [0.25, 0.3) is 10.8 Å². The van der Waals surface area contributed by atoms with Gasteiger partial charge in [-0.05, 0) is 47.9 Å². The van der Waals surface area contributed by atoms with Gasteiger partial charge in [0, 0.05) is 13.1 Å². The van der Waals surface area contributed by atoms with E-state index in [1.54, 1.807) is 0 Å². The lowest BCUT2D eigenvalue weighted by atomic mass is 9.89. The number of carbonyl (C=O) groups is 1. The summed E-state index contributed by atoms with van der Waals surface area (Å²) in [5.41, 5.74) is 1.41. The molecule has 1 aliphatic heterocycles. The molecule has 3 nitrogen and oxygen atoms in total. The minimum Gasteiger partial charge on any atom is -0.465 e. The third-order valence-corrected chi connectivity index (χ3v) is 4.59. The maximum Gasteiger partial charge on any atom is 0.407 e. The van der Waals surface area contributed by atoms with Crippen molar-refractivity contribution in [1.29, 1.82) is 0 Å². The minimum atomic E-state index is -0.775. The second kappa shape index (κ2) is 6.17. The van der Waals surface area contributed by atoms with Gasteiger partial charge in [-0.25, -0.2) is 4.79 Å². The lowest BCUT2D eigenvalue weighted by molar-refractivity contribution is 0.123. The summed E-state index contributed by atoms with van der Waals surface area (Å²) in [6.45, 7) is 1.38. The first-order chi connectivity index (χ1) is 10.2. The molecule has 0 aliphatic carbocycles. The lowest BCUT2D eigenvalue weighted by Crippen LogP contribution is -2.37. The normalized spacial score (nSPS) is 16.3. The highest BCUT2D eigenvalue weighted by atomic mass is 16.4. The molecule has 0 radical (unpaired) electrons. The fraction of sp³-hybridized carbons (Fsp3) is 0.389. The van der Waals surface area contributed by atoms with Gasteiger partial charge < -0.3 is 10.0 Å². The molecule has 1 N–H and O–H groups in total. The fourth-order valence-corrected chi connectivity index (χ4v) is 3.28. The van der Waals surface area contributed by atoms with E-state index < -0.39 is 6.09 Å². The Morgan fingerprint density at radius 1 is 1.10 bits per heavy atom. The van der Waals surface area contributed by atoms with Crippen molar-refractivity contribution in [2.24, 2.45) is 5.92 Å². The highest BCUT2D eigenvalue weighted by Crippen LogP contribution is 2.25. The van der Waals surface area contributed by atoms with E-state index in [0.29, 0.717) is 19.0 Å². The zero-order valence-corrected chi connectivity index (χ0v) is 12.2. The van der Waals surface area contributed by atoms with E-state index in [4.69, 9.17) is 5.11 Å². The third-order valence-electron chi connectivity index (χ3n) is 4.59. The van der Waals surface area contributed by atoms with Crippen LogP contribution in [0.2, 0.25) is 0 Å². The van der Waals surface area contributed by atoms with Crippen LogP contribution in [-0.4, -0.2) is 29.2 Å². The molecule has 2 aromatic rings. The van der Waals surface area contributed by atoms with Gasteiger partial charge in [0.15, 0.2) is 0 Å². The molecule has 0 saturated carbocycles. The summed E-state index contributed by atoms with van der Waals surface area (Å²) in [6, 6.07) is 15.0. The van der Waals surface area contributed by atoms with Gasteiger partial charge in [-0.1, -0.05) is 42.5 Å². The molecule has 0 unspecified atom stereocenters. The van der Waals surface area contributed by atoms with Gasteiger partial charge in [0.1, 0.15) is 0 Å². The predicted molar refractivity (Wildman–Crippen MR) is 84.6 cm³/mol. The smallest absolute Gasteiger partial charge is 0.407 e. The van der Waals surface area contributed by atoms with Crippen LogP contribution < -0.4 is 0 Å². The summed E-state index contributed by atoms with van der Waals surface area (Å²) in [6.07, 6.45) is 3.46. The Morgan fingerprint density at radius 3 is 2.57 bits per heavy atom. The highest BCUT2D eigenvalue weighted by molar-refractivity contribution is 5.85. The number of aryl methyl sites for hydroxylation is 1. The van der Waals surface area contributed by atoms with Gasteiger partial charge in [0.25, 0.3) is 0 Å². The molecule has 0 spiro atoms. The average molecular weight is 283 g/mol. The first kappa shape index (κ1) is 13.9. The number of amides is 1. The van der Waals surface area contributed by atoms with Gasteiger partial charge >= 0.3 is 6.09 Å². The largest absolute Gasteiger partial charge is 0.465 e. The van der Waals surface area contributed by atoms with Gasteiger partial charge in [0.05, 0.1) is 0 Å². The predicted octanol–water partition coefficient (Wildman–Crippen LogP) is 4.16. The second-order valence-corrected chi connectivity index (χ2v) is 5.89. The van der Waals surface area contributed by atoms with Crippen molar-refractivity contribution in [2.45, 2.75) is 25.7 Å². The zero-order chi connectivity index (χ0) is 14.7. The molecule has 2 aromatic carbocycles. The van der Waals surface area contributed by atoms with E-state index in [1.807, 2.05) is 0 Å². The summed E-state index contributed by atoms with van der Waals surface area (Å²) < 4.78 is 0. The van der Waals surface area contributed by atoms with E-state index in [2.05, 4.69) is 42.5 Å². The van der Waals surface area contributed by atoms with Crippen LogP contribution in [0.3, 0.4) is 0 Å². The van der Waals surface area contributed by atoms with Crippen molar-refractivity contribution < 1.29 is 9.90 Å². The molecule has 110 valence electrons. The van der Waals surface area contributed by atoms with Crippen molar-refractivity contribution in [1.82, 2.24) is 4.90 Å². The summed E-state index contributed by atoms with van der Waals surface area (Å²) in [5, 5.41) is 11.6. The van der Waals surface area contributed by atoms with Gasteiger partial charge in [-0.15, -0.1) is 0 Å². The first-order valence-electron chi connectivity index (χ1n) is 7.68. The number of rotatable bonds is 3. The number of hydrogen-bond donors (Lipinski definition) is 1. The Labute approximate surface area is 125 Å². The molecule has 3 heteroatoms. The summed E-state index contributed by atoms with van der Waals surface area (Å²) in [5.74, 6) is 0.652. The van der Waals surface area contributed by atoms with E-state index in [9.17, 15) is 4.79 Å². The number of nitrogens with zero attached hydrogens (tertiary/aromatic N) is 1.